The van der Waals surface area contributed by atoms with Crippen molar-refractivity contribution in [2.24, 2.45) is 5.50 Å². The Balaban J connectivity index is 2.61. The van der Waals surface area contributed by atoms with Gasteiger partial charge in [0.05, 0.1) is 0 Å². The monoisotopic (exact) mass is 157 g/mol. The van der Waals surface area contributed by atoms with Gasteiger partial charge in [0.15, 0.2) is 0 Å². The molecule has 1 aromatic rings. The molecule has 2 N–H and O–H groups in total. The molecule has 1 nitrogen and oxygen atoms in total. The van der Waals surface area contributed by atoms with Crippen molar-refractivity contribution < 1.29 is 0 Å². The van der Waals surface area contributed by atoms with Crippen molar-refractivity contribution >= 4 is 19.3 Å². The first-order valence-electron chi connectivity index (χ1n) is 2.61. The first-order chi connectivity index (χ1) is 4.43. The summed E-state index contributed by atoms with van der Waals surface area (Å²) < 4.78 is 0. The Morgan fingerprint density at radius 3 is 2.44 bits per heavy atom. The predicted octanol–water partition coefficient (Wildman–Crippen LogP) is 2.25. The maximum Gasteiger partial charge on any atom is 0.0126 e. The smallest absolute Gasteiger partial charge is 0.0126 e. The van der Waals surface area contributed by atoms with Crippen LogP contribution < -0.4 is 5.50 Å². The van der Waals surface area contributed by atoms with Crippen LogP contribution in [0.3, 0.4) is 0 Å². The molecule has 0 aliphatic heterocycles. The molecule has 0 aromatic heterocycles. The van der Waals surface area contributed by atoms with Crippen LogP contribution in [-0.2, 0) is 0 Å². The molecule has 1 aromatic carbocycles. The van der Waals surface area contributed by atoms with E-state index in [2.05, 4.69) is 12.1 Å². The lowest BCUT2D eigenvalue weighted by Gasteiger charge is -1.93. The third-order valence-corrected chi connectivity index (χ3v) is 2.61. The highest BCUT2D eigenvalue weighted by Gasteiger charge is 1.85. The van der Waals surface area contributed by atoms with Crippen LogP contribution in [0.15, 0.2) is 35.2 Å². The third-order valence-electron chi connectivity index (χ3n) is 0.920. The molecule has 1 rings (SSSR count). The van der Waals surface area contributed by atoms with Gasteiger partial charge in [-0.3, -0.25) is 0 Å². The van der Waals surface area contributed by atoms with Gasteiger partial charge in [0.1, 0.15) is 0 Å². The minimum absolute atomic E-state index is 0.452. The Labute approximate surface area is 60.6 Å². The number of hydrogen-bond acceptors (Lipinski definition) is 2. The van der Waals surface area contributed by atoms with Gasteiger partial charge in [-0.15, -0.1) is 0 Å². The number of hydrogen-bond donors (Lipinski definition) is 1. The fraction of sp³-hybridized carbons (Fsp3) is 0. The molecule has 0 heterocycles. The Morgan fingerprint density at radius 1 is 1.22 bits per heavy atom. The van der Waals surface area contributed by atoms with Crippen molar-refractivity contribution in [3.8, 4) is 0 Å². The van der Waals surface area contributed by atoms with Gasteiger partial charge in [0.25, 0.3) is 0 Å². The lowest BCUT2D eigenvalue weighted by atomic mass is 10.4. The van der Waals surface area contributed by atoms with E-state index in [1.165, 1.54) is 4.90 Å². The molecule has 0 radical (unpaired) electrons. The quantitative estimate of drug-likeness (QED) is 0.666. The van der Waals surface area contributed by atoms with E-state index in [0.717, 1.165) is 0 Å². The molecule has 0 bridgehead atoms. The van der Waals surface area contributed by atoms with Crippen molar-refractivity contribution in [3.63, 3.8) is 0 Å². The molecule has 48 valence electrons. The van der Waals surface area contributed by atoms with Crippen molar-refractivity contribution in [2.45, 2.75) is 4.90 Å². The van der Waals surface area contributed by atoms with Crippen molar-refractivity contribution in [1.29, 1.82) is 0 Å². The fourth-order valence-electron chi connectivity index (χ4n) is 0.557. The second-order valence-corrected chi connectivity index (χ2v) is 3.76. The first-order valence-corrected chi connectivity index (χ1v) is 5.23. The molecule has 0 amide bonds. The highest BCUT2D eigenvalue weighted by Crippen LogP contribution is 2.30. The second-order valence-electron chi connectivity index (χ2n) is 1.53. The topological polar surface area (TPSA) is 26.0 Å². The lowest BCUT2D eigenvalue weighted by Crippen LogP contribution is -1.67. The number of nitrogens with two attached hydrogens (primary N) is 1. The van der Waals surface area contributed by atoms with Gasteiger partial charge in [-0.1, -0.05) is 29.6 Å². The zero-order chi connectivity index (χ0) is 6.53. The summed E-state index contributed by atoms with van der Waals surface area (Å²) in [4.78, 5) is 1.25. The molecule has 1 atom stereocenters. The SMILES string of the molecule is NPSc1ccccc1. The van der Waals surface area contributed by atoms with E-state index in [1.54, 1.807) is 11.4 Å². The van der Waals surface area contributed by atoms with E-state index in [1.807, 2.05) is 18.2 Å². The zero-order valence-corrected chi connectivity index (χ0v) is 6.69. The molecule has 0 saturated heterocycles. The fourth-order valence-corrected chi connectivity index (χ4v) is 1.80. The van der Waals surface area contributed by atoms with Gasteiger partial charge >= 0.3 is 0 Å². The molecular formula is C6H8NPS. The molecule has 0 aliphatic carbocycles. The predicted molar refractivity (Wildman–Crippen MR) is 44.8 cm³/mol. The summed E-state index contributed by atoms with van der Waals surface area (Å²) in [6, 6.07) is 10.2. The highest BCUT2D eigenvalue weighted by molar-refractivity contribution is 8.48. The third kappa shape index (κ3) is 2.35. The Hall–Kier alpha value is -0.0400. The maximum atomic E-state index is 5.35. The van der Waals surface area contributed by atoms with Gasteiger partial charge in [-0.05, 0) is 12.1 Å². The Morgan fingerprint density at radius 2 is 1.89 bits per heavy atom. The molecule has 3 heteroatoms. The summed E-state index contributed by atoms with van der Waals surface area (Å²) >= 11 is 1.68. The van der Waals surface area contributed by atoms with Crippen molar-refractivity contribution in [3.05, 3.63) is 30.3 Å². The first kappa shape index (κ1) is 7.07. The van der Waals surface area contributed by atoms with Gasteiger partial charge in [-0.2, -0.15) is 0 Å². The van der Waals surface area contributed by atoms with E-state index >= 15 is 0 Å². The number of benzene rings is 1. The van der Waals surface area contributed by atoms with Gasteiger partial charge in [0.2, 0.25) is 0 Å². The number of rotatable bonds is 2. The summed E-state index contributed by atoms with van der Waals surface area (Å²) in [5, 5.41) is 0. The molecular weight excluding hydrogens is 149 g/mol. The zero-order valence-electron chi connectivity index (χ0n) is 4.87. The van der Waals surface area contributed by atoms with Gasteiger partial charge < -0.3 is 5.50 Å². The normalized spacial score (nSPS) is 10.8. The minimum Gasteiger partial charge on any atom is -0.304 e. The lowest BCUT2D eigenvalue weighted by molar-refractivity contribution is 1.48. The maximum absolute atomic E-state index is 5.35. The average molecular weight is 157 g/mol. The van der Waals surface area contributed by atoms with E-state index in [4.69, 9.17) is 5.50 Å². The Bertz CT molecular complexity index is 166. The summed E-state index contributed by atoms with van der Waals surface area (Å²) in [6.45, 7) is 0. The van der Waals surface area contributed by atoms with Crippen LogP contribution in [0.1, 0.15) is 0 Å². The molecule has 9 heavy (non-hydrogen) atoms. The molecule has 0 fully saturated rings. The van der Waals surface area contributed by atoms with E-state index < -0.39 is 0 Å². The highest BCUT2D eigenvalue weighted by atomic mass is 32.7. The van der Waals surface area contributed by atoms with Crippen LogP contribution in [-0.4, -0.2) is 0 Å². The van der Waals surface area contributed by atoms with Crippen LogP contribution in [0, 0.1) is 0 Å². The second kappa shape index (κ2) is 3.89. The summed E-state index contributed by atoms with van der Waals surface area (Å²) in [6.07, 6.45) is 0. The summed E-state index contributed by atoms with van der Waals surface area (Å²) in [7, 11) is 0.452. The van der Waals surface area contributed by atoms with Crippen LogP contribution in [0.4, 0.5) is 0 Å². The van der Waals surface area contributed by atoms with Crippen molar-refractivity contribution in [2.75, 3.05) is 0 Å². The van der Waals surface area contributed by atoms with Gasteiger partial charge in [-0.25, -0.2) is 0 Å². The van der Waals surface area contributed by atoms with Gasteiger partial charge in [0, 0.05) is 12.8 Å². The standard InChI is InChI=1S/C6H8NPS/c7-8-9-6-4-2-1-3-5-6/h1-5,8H,7H2. The van der Waals surface area contributed by atoms with Crippen molar-refractivity contribution in [1.82, 2.24) is 0 Å². The average Bonchev–Trinajstić information content (AvgIpc) is 1.91. The summed E-state index contributed by atoms with van der Waals surface area (Å²) in [5.41, 5.74) is 5.35. The largest absolute Gasteiger partial charge is 0.304 e. The van der Waals surface area contributed by atoms with Crippen LogP contribution >= 0.6 is 19.3 Å². The summed E-state index contributed by atoms with van der Waals surface area (Å²) in [5.74, 6) is 0. The van der Waals surface area contributed by atoms with Crippen LogP contribution in [0.25, 0.3) is 0 Å². The van der Waals surface area contributed by atoms with Crippen LogP contribution in [0.5, 0.6) is 0 Å². The van der Waals surface area contributed by atoms with E-state index in [0.29, 0.717) is 7.93 Å². The van der Waals surface area contributed by atoms with E-state index in [-0.39, 0.29) is 0 Å². The van der Waals surface area contributed by atoms with Crippen LogP contribution in [0.2, 0.25) is 0 Å². The van der Waals surface area contributed by atoms with E-state index in [9.17, 15) is 0 Å². The Kier molecular flexibility index (Phi) is 3.05. The molecule has 0 aliphatic rings. The minimum atomic E-state index is 0.452. The molecule has 0 saturated carbocycles. The molecule has 1 unspecified atom stereocenters. The molecule has 0 spiro atoms.